The van der Waals surface area contributed by atoms with Crippen molar-refractivity contribution in [1.82, 2.24) is 0 Å². The van der Waals surface area contributed by atoms with E-state index in [-0.39, 0.29) is 0 Å². The second-order valence-corrected chi connectivity index (χ2v) is 5.15. The van der Waals surface area contributed by atoms with Crippen molar-refractivity contribution >= 4 is 17.3 Å². The second-order valence-electron chi connectivity index (χ2n) is 5.15. The summed E-state index contributed by atoms with van der Waals surface area (Å²) >= 11 is 0. The van der Waals surface area contributed by atoms with Crippen LogP contribution in [-0.2, 0) is 6.42 Å². The monoisotopic (exact) mass is 267 g/mol. The fraction of sp³-hybridized carbons (Fsp3) is 0.188. The van der Waals surface area contributed by atoms with Crippen molar-refractivity contribution in [3.05, 3.63) is 59.2 Å². The highest BCUT2D eigenvalue weighted by atomic mass is 16.1. The molecule has 1 aliphatic carbocycles. The van der Waals surface area contributed by atoms with Crippen LogP contribution in [0.2, 0.25) is 0 Å². The first kappa shape index (κ1) is 12.5. The Hall–Kier alpha value is -2.49. The molecule has 0 saturated heterocycles. The molecule has 0 saturated carbocycles. The van der Waals surface area contributed by atoms with E-state index in [0.717, 1.165) is 18.7 Å². The summed E-state index contributed by atoms with van der Waals surface area (Å²) in [7, 11) is 0. The number of benzene rings is 2. The summed E-state index contributed by atoms with van der Waals surface area (Å²) in [5.74, 6) is 0.0601. The molecule has 1 atom stereocenters. The van der Waals surface area contributed by atoms with E-state index in [4.69, 9.17) is 11.5 Å². The van der Waals surface area contributed by atoms with Crippen LogP contribution in [0.5, 0.6) is 0 Å². The lowest BCUT2D eigenvalue weighted by Crippen LogP contribution is -2.24. The van der Waals surface area contributed by atoms with E-state index in [1.165, 1.54) is 11.1 Å². The van der Waals surface area contributed by atoms with Crippen molar-refractivity contribution in [2.75, 3.05) is 17.6 Å². The SMILES string of the molecule is NC(=O)c1ccc(N)c(NCC2Cc3ccccc32)c1. The number of carbonyl (C=O) groups is 1. The molecule has 0 heterocycles. The Bertz CT molecular complexity index is 667. The number of rotatable bonds is 4. The Kier molecular flexibility index (Phi) is 3.06. The highest BCUT2D eigenvalue weighted by Gasteiger charge is 2.25. The first-order valence-corrected chi connectivity index (χ1v) is 6.66. The minimum atomic E-state index is -0.443. The minimum Gasteiger partial charge on any atom is -0.397 e. The quantitative estimate of drug-likeness (QED) is 0.742. The smallest absolute Gasteiger partial charge is 0.248 e. The molecule has 4 nitrogen and oxygen atoms in total. The molecule has 0 aromatic heterocycles. The third kappa shape index (κ3) is 2.20. The van der Waals surface area contributed by atoms with Gasteiger partial charge in [0, 0.05) is 18.0 Å². The largest absolute Gasteiger partial charge is 0.397 e. The van der Waals surface area contributed by atoms with Gasteiger partial charge in [0.1, 0.15) is 0 Å². The molecule has 0 radical (unpaired) electrons. The number of nitrogens with two attached hydrogens (primary N) is 2. The van der Waals surface area contributed by atoms with Crippen LogP contribution in [0.3, 0.4) is 0 Å². The summed E-state index contributed by atoms with van der Waals surface area (Å²) in [5.41, 5.74) is 15.9. The van der Waals surface area contributed by atoms with Gasteiger partial charge in [0.05, 0.1) is 11.4 Å². The summed E-state index contributed by atoms with van der Waals surface area (Å²) < 4.78 is 0. The van der Waals surface area contributed by atoms with Crippen LogP contribution in [-0.4, -0.2) is 12.5 Å². The van der Waals surface area contributed by atoms with Crippen molar-refractivity contribution in [3.8, 4) is 0 Å². The normalized spacial score (nSPS) is 16.1. The van der Waals surface area contributed by atoms with Crippen LogP contribution >= 0.6 is 0 Å². The Morgan fingerprint density at radius 3 is 2.80 bits per heavy atom. The Morgan fingerprint density at radius 2 is 2.05 bits per heavy atom. The number of nitrogens with one attached hydrogen (secondary N) is 1. The van der Waals surface area contributed by atoms with E-state index in [1.54, 1.807) is 18.2 Å². The molecule has 5 N–H and O–H groups in total. The zero-order valence-electron chi connectivity index (χ0n) is 11.1. The fourth-order valence-electron chi connectivity index (χ4n) is 2.64. The maximum Gasteiger partial charge on any atom is 0.248 e. The van der Waals surface area contributed by atoms with Crippen molar-refractivity contribution in [2.45, 2.75) is 12.3 Å². The van der Waals surface area contributed by atoms with Gasteiger partial charge in [-0.15, -0.1) is 0 Å². The third-order valence-electron chi connectivity index (χ3n) is 3.84. The van der Waals surface area contributed by atoms with Crippen LogP contribution in [0.1, 0.15) is 27.4 Å². The lowest BCUT2D eigenvalue weighted by Gasteiger charge is -2.30. The number of amides is 1. The number of fused-ring (bicyclic) bond motifs is 1. The van der Waals surface area contributed by atoms with Gasteiger partial charge in [0.25, 0.3) is 0 Å². The van der Waals surface area contributed by atoms with Gasteiger partial charge < -0.3 is 16.8 Å². The predicted molar refractivity (Wildman–Crippen MR) is 80.7 cm³/mol. The molecule has 1 unspecified atom stereocenters. The van der Waals surface area contributed by atoms with E-state index in [2.05, 4.69) is 29.6 Å². The van der Waals surface area contributed by atoms with Crippen LogP contribution in [0, 0.1) is 0 Å². The summed E-state index contributed by atoms with van der Waals surface area (Å²) in [6.07, 6.45) is 1.08. The van der Waals surface area contributed by atoms with Crippen molar-refractivity contribution in [2.24, 2.45) is 5.73 Å². The summed E-state index contributed by atoms with van der Waals surface area (Å²) in [6, 6.07) is 13.5. The third-order valence-corrected chi connectivity index (χ3v) is 3.84. The lowest BCUT2D eigenvalue weighted by molar-refractivity contribution is 0.100. The Labute approximate surface area is 117 Å². The molecule has 2 aromatic rings. The van der Waals surface area contributed by atoms with Gasteiger partial charge in [-0.2, -0.15) is 0 Å². The molecule has 0 aliphatic heterocycles. The summed E-state index contributed by atoms with van der Waals surface area (Å²) in [4.78, 5) is 11.2. The average Bonchev–Trinajstić information content (AvgIpc) is 2.41. The standard InChI is InChI=1S/C16H17N3O/c17-14-6-5-11(16(18)20)8-15(14)19-9-12-7-10-3-1-2-4-13(10)12/h1-6,8,12,19H,7,9,17H2,(H2,18,20). The zero-order valence-corrected chi connectivity index (χ0v) is 11.1. The van der Waals surface area contributed by atoms with E-state index >= 15 is 0 Å². The molecule has 0 bridgehead atoms. The molecule has 0 fully saturated rings. The Balaban J connectivity index is 1.71. The van der Waals surface area contributed by atoms with E-state index in [1.807, 2.05) is 0 Å². The number of anilines is 2. The van der Waals surface area contributed by atoms with Gasteiger partial charge in [-0.25, -0.2) is 0 Å². The molecule has 102 valence electrons. The van der Waals surface area contributed by atoms with Gasteiger partial charge in [-0.1, -0.05) is 24.3 Å². The number of carbonyl (C=O) groups excluding carboxylic acids is 1. The molecule has 3 rings (SSSR count). The van der Waals surface area contributed by atoms with Crippen LogP contribution < -0.4 is 16.8 Å². The van der Waals surface area contributed by atoms with Crippen molar-refractivity contribution in [1.29, 1.82) is 0 Å². The summed E-state index contributed by atoms with van der Waals surface area (Å²) in [6.45, 7) is 0.809. The summed E-state index contributed by atoms with van der Waals surface area (Å²) in [5, 5.41) is 3.32. The number of primary amides is 1. The average molecular weight is 267 g/mol. The van der Waals surface area contributed by atoms with E-state index in [9.17, 15) is 4.79 Å². The van der Waals surface area contributed by atoms with Gasteiger partial charge in [0.15, 0.2) is 0 Å². The molecular formula is C16H17N3O. The zero-order chi connectivity index (χ0) is 14.1. The molecule has 1 amide bonds. The van der Waals surface area contributed by atoms with E-state index in [0.29, 0.717) is 17.2 Å². The molecule has 1 aliphatic rings. The first-order valence-electron chi connectivity index (χ1n) is 6.66. The molecular weight excluding hydrogens is 250 g/mol. The predicted octanol–water partition coefficient (Wildman–Crippen LogP) is 2.12. The van der Waals surface area contributed by atoms with E-state index < -0.39 is 5.91 Å². The Morgan fingerprint density at radius 1 is 1.25 bits per heavy atom. The highest BCUT2D eigenvalue weighted by molar-refractivity contribution is 5.94. The minimum absolute atomic E-state index is 0.443. The van der Waals surface area contributed by atoms with Gasteiger partial charge in [-0.3, -0.25) is 4.79 Å². The lowest BCUT2D eigenvalue weighted by atomic mass is 9.77. The van der Waals surface area contributed by atoms with Crippen LogP contribution in [0.4, 0.5) is 11.4 Å². The number of hydrogen-bond acceptors (Lipinski definition) is 3. The number of nitrogen functional groups attached to an aromatic ring is 1. The van der Waals surface area contributed by atoms with Gasteiger partial charge in [0.2, 0.25) is 5.91 Å². The fourth-order valence-corrected chi connectivity index (χ4v) is 2.64. The number of hydrogen-bond donors (Lipinski definition) is 3. The molecule has 2 aromatic carbocycles. The topological polar surface area (TPSA) is 81.1 Å². The van der Waals surface area contributed by atoms with Gasteiger partial charge >= 0.3 is 0 Å². The molecule has 0 spiro atoms. The maximum absolute atomic E-state index is 11.2. The van der Waals surface area contributed by atoms with Crippen LogP contribution in [0.15, 0.2) is 42.5 Å². The molecule has 20 heavy (non-hydrogen) atoms. The second kappa shape index (κ2) is 4.89. The highest BCUT2D eigenvalue weighted by Crippen LogP contribution is 2.35. The van der Waals surface area contributed by atoms with Crippen molar-refractivity contribution in [3.63, 3.8) is 0 Å². The van der Waals surface area contributed by atoms with Gasteiger partial charge in [-0.05, 0) is 35.7 Å². The molecule has 4 heteroatoms. The first-order chi connectivity index (χ1) is 9.65. The van der Waals surface area contributed by atoms with Crippen molar-refractivity contribution < 1.29 is 4.79 Å². The maximum atomic E-state index is 11.2. The van der Waals surface area contributed by atoms with Crippen LogP contribution in [0.25, 0.3) is 0 Å².